The van der Waals surface area contributed by atoms with E-state index in [1.165, 1.54) is 6.33 Å². The van der Waals surface area contributed by atoms with Crippen molar-refractivity contribution < 1.29 is 0 Å². The molecule has 0 spiro atoms. The van der Waals surface area contributed by atoms with E-state index in [2.05, 4.69) is 20.2 Å². The maximum atomic E-state index is 11.6. The van der Waals surface area contributed by atoms with Crippen LogP contribution in [-0.2, 0) is 5.41 Å². The molecule has 0 aromatic carbocycles. The molecule has 0 fully saturated rings. The minimum absolute atomic E-state index is 0.206. The van der Waals surface area contributed by atoms with Gasteiger partial charge in [0.05, 0.1) is 5.69 Å². The van der Waals surface area contributed by atoms with Crippen LogP contribution in [0.15, 0.2) is 11.1 Å². The van der Waals surface area contributed by atoms with Crippen molar-refractivity contribution in [2.75, 3.05) is 6.54 Å². The lowest BCUT2D eigenvalue weighted by Crippen LogP contribution is -2.30. The van der Waals surface area contributed by atoms with Crippen LogP contribution in [0, 0.1) is 0 Å². The average Bonchev–Trinajstić information content (AvgIpc) is 2.60. The zero-order valence-corrected chi connectivity index (χ0v) is 8.66. The summed E-state index contributed by atoms with van der Waals surface area (Å²) in [6, 6.07) is 0. The number of H-pyrrole nitrogens is 2. The smallest absolute Gasteiger partial charge is 0.275 e. The summed E-state index contributed by atoms with van der Waals surface area (Å²) in [5, 5.41) is 5.68. The maximum absolute atomic E-state index is 11.6. The number of nitrogens with two attached hydrogens (primary N) is 1. The first-order valence-electron chi connectivity index (χ1n) is 4.68. The molecular weight excluding hydrogens is 194 g/mol. The van der Waals surface area contributed by atoms with Gasteiger partial charge < -0.3 is 5.73 Å². The fraction of sp³-hybridized carbons (Fsp3) is 0.444. The van der Waals surface area contributed by atoms with Gasteiger partial charge in [-0.2, -0.15) is 0 Å². The summed E-state index contributed by atoms with van der Waals surface area (Å²) >= 11 is 0. The largest absolute Gasteiger partial charge is 0.330 e. The minimum atomic E-state index is -0.337. The number of fused-ring (bicyclic) bond motifs is 1. The van der Waals surface area contributed by atoms with Gasteiger partial charge >= 0.3 is 0 Å². The summed E-state index contributed by atoms with van der Waals surface area (Å²) in [5.41, 5.74) is 6.32. The van der Waals surface area contributed by atoms with Crippen molar-refractivity contribution in [1.82, 2.24) is 20.2 Å². The van der Waals surface area contributed by atoms with Crippen molar-refractivity contribution in [1.29, 1.82) is 0 Å². The number of hydrogen-bond acceptors (Lipinski definition) is 4. The number of aromatic nitrogens is 4. The lowest BCUT2D eigenvalue weighted by Gasteiger charge is -2.21. The van der Waals surface area contributed by atoms with Crippen LogP contribution in [-0.4, -0.2) is 26.7 Å². The van der Waals surface area contributed by atoms with Gasteiger partial charge in [-0.1, -0.05) is 13.8 Å². The lowest BCUT2D eigenvalue weighted by molar-refractivity contribution is 0.526. The Morgan fingerprint density at radius 3 is 2.80 bits per heavy atom. The molecule has 0 saturated carbocycles. The molecule has 0 saturated heterocycles. The van der Waals surface area contributed by atoms with E-state index in [9.17, 15) is 4.79 Å². The van der Waals surface area contributed by atoms with Crippen LogP contribution in [0.25, 0.3) is 11.0 Å². The van der Waals surface area contributed by atoms with Gasteiger partial charge in [0, 0.05) is 12.0 Å². The minimum Gasteiger partial charge on any atom is -0.330 e. The summed E-state index contributed by atoms with van der Waals surface area (Å²) in [6.07, 6.45) is 1.43. The third-order valence-corrected chi connectivity index (χ3v) is 2.52. The van der Waals surface area contributed by atoms with Crippen molar-refractivity contribution in [3.05, 3.63) is 22.4 Å². The molecule has 0 radical (unpaired) electrons. The Hall–Kier alpha value is -1.69. The van der Waals surface area contributed by atoms with Gasteiger partial charge in [0.1, 0.15) is 11.7 Å². The van der Waals surface area contributed by atoms with E-state index in [4.69, 9.17) is 5.73 Å². The van der Waals surface area contributed by atoms with E-state index >= 15 is 0 Å². The zero-order chi connectivity index (χ0) is 11.1. The van der Waals surface area contributed by atoms with Crippen LogP contribution >= 0.6 is 0 Å². The molecule has 0 unspecified atom stereocenters. The van der Waals surface area contributed by atoms with E-state index < -0.39 is 0 Å². The van der Waals surface area contributed by atoms with Crippen molar-refractivity contribution in [3.8, 4) is 0 Å². The molecule has 4 N–H and O–H groups in total. The highest BCUT2D eigenvalue weighted by molar-refractivity contribution is 5.77. The molecule has 6 nitrogen and oxygen atoms in total. The molecule has 15 heavy (non-hydrogen) atoms. The fourth-order valence-electron chi connectivity index (χ4n) is 1.48. The molecule has 0 aliphatic carbocycles. The van der Waals surface area contributed by atoms with Gasteiger partial charge in [0.25, 0.3) is 5.56 Å². The van der Waals surface area contributed by atoms with E-state index in [0.29, 0.717) is 23.3 Å². The first kappa shape index (κ1) is 9.85. The fourth-order valence-corrected chi connectivity index (χ4v) is 1.48. The third-order valence-electron chi connectivity index (χ3n) is 2.52. The Morgan fingerprint density at radius 1 is 1.40 bits per heavy atom. The molecule has 0 atom stereocenters. The SMILES string of the molecule is CC(C)(CN)c1ncnc2[nH][nH]c(=O)c12. The molecule has 6 heteroatoms. The summed E-state index contributed by atoms with van der Waals surface area (Å²) < 4.78 is 0. The normalized spacial score (nSPS) is 12.2. The highest BCUT2D eigenvalue weighted by Gasteiger charge is 2.25. The second-order valence-corrected chi connectivity index (χ2v) is 4.11. The van der Waals surface area contributed by atoms with Crippen LogP contribution in [0.4, 0.5) is 0 Å². The molecule has 2 rings (SSSR count). The van der Waals surface area contributed by atoms with Gasteiger partial charge in [-0.3, -0.25) is 15.0 Å². The van der Waals surface area contributed by atoms with E-state index in [1.54, 1.807) is 0 Å². The number of nitrogens with one attached hydrogen (secondary N) is 2. The average molecular weight is 207 g/mol. The van der Waals surface area contributed by atoms with Crippen LogP contribution in [0.1, 0.15) is 19.5 Å². The molecule has 0 aliphatic rings. The molecule has 2 heterocycles. The van der Waals surface area contributed by atoms with Crippen molar-refractivity contribution in [3.63, 3.8) is 0 Å². The Balaban J connectivity index is 2.81. The first-order valence-corrected chi connectivity index (χ1v) is 4.68. The van der Waals surface area contributed by atoms with Crippen LogP contribution in [0.3, 0.4) is 0 Å². The third kappa shape index (κ3) is 1.42. The van der Waals surface area contributed by atoms with Crippen LogP contribution in [0.2, 0.25) is 0 Å². The second-order valence-electron chi connectivity index (χ2n) is 4.11. The maximum Gasteiger partial charge on any atom is 0.275 e. The van der Waals surface area contributed by atoms with Gasteiger partial charge in [-0.25, -0.2) is 9.97 Å². The van der Waals surface area contributed by atoms with Gasteiger partial charge in [-0.15, -0.1) is 0 Å². The number of aromatic amines is 2. The molecule has 2 aromatic rings. The molecule has 80 valence electrons. The second kappa shape index (κ2) is 3.16. The molecule has 0 amide bonds. The summed E-state index contributed by atoms with van der Waals surface area (Å²) in [5.74, 6) is 0. The first-order chi connectivity index (χ1) is 7.06. The molecule has 0 bridgehead atoms. The Kier molecular flexibility index (Phi) is 2.08. The van der Waals surface area contributed by atoms with Crippen molar-refractivity contribution in [2.45, 2.75) is 19.3 Å². The highest BCUT2D eigenvalue weighted by Crippen LogP contribution is 2.23. The standard InChI is InChI=1S/C9H13N5O/c1-9(2,3-10)6-5-7(12-4-11-6)13-14-8(5)15/h4H,3,10H2,1-2H3,(H2,11,12,13,14,15). The molecular formula is C9H13N5O. The topological polar surface area (TPSA) is 100 Å². The van der Waals surface area contributed by atoms with Crippen LogP contribution in [0.5, 0.6) is 0 Å². The predicted molar refractivity (Wildman–Crippen MR) is 56.6 cm³/mol. The number of hydrogen-bond donors (Lipinski definition) is 3. The Bertz CT molecular complexity index is 539. The van der Waals surface area contributed by atoms with Gasteiger partial charge in [-0.05, 0) is 0 Å². The Morgan fingerprint density at radius 2 is 2.13 bits per heavy atom. The number of rotatable bonds is 2. The van der Waals surface area contributed by atoms with Gasteiger partial charge in [0.2, 0.25) is 0 Å². The molecule has 2 aromatic heterocycles. The van der Waals surface area contributed by atoms with E-state index in [1.807, 2.05) is 13.8 Å². The highest BCUT2D eigenvalue weighted by atomic mass is 16.1. The van der Waals surface area contributed by atoms with Crippen molar-refractivity contribution >= 4 is 11.0 Å². The molecule has 0 aliphatic heterocycles. The monoisotopic (exact) mass is 207 g/mol. The summed E-state index contributed by atoms with van der Waals surface area (Å²) in [7, 11) is 0. The summed E-state index contributed by atoms with van der Waals surface area (Å²) in [6.45, 7) is 4.31. The zero-order valence-electron chi connectivity index (χ0n) is 8.66. The summed E-state index contributed by atoms with van der Waals surface area (Å²) in [4.78, 5) is 19.7. The van der Waals surface area contributed by atoms with Crippen LogP contribution < -0.4 is 11.3 Å². The lowest BCUT2D eigenvalue weighted by atomic mass is 9.88. The predicted octanol–water partition coefficient (Wildman–Crippen LogP) is -0.118. The van der Waals surface area contributed by atoms with Gasteiger partial charge in [0.15, 0.2) is 5.65 Å². The quantitative estimate of drug-likeness (QED) is 0.639. The Labute approximate surface area is 85.9 Å². The number of nitrogens with zero attached hydrogens (tertiary/aromatic N) is 2. The van der Waals surface area contributed by atoms with E-state index in [0.717, 1.165) is 0 Å². The van der Waals surface area contributed by atoms with Crippen molar-refractivity contribution in [2.24, 2.45) is 5.73 Å². The van der Waals surface area contributed by atoms with E-state index in [-0.39, 0.29) is 11.0 Å².